The van der Waals surface area contributed by atoms with Crippen LogP contribution in [0.4, 0.5) is 5.82 Å². The van der Waals surface area contributed by atoms with E-state index in [1.165, 1.54) is 31.7 Å². The smallest absolute Gasteiger partial charge is 0.356 e. The lowest BCUT2D eigenvalue weighted by Crippen LogP contribution is -2.36. The Kier molecular flexibility index (Phi) is 4.89. The normalized spacial score (nSPS) is 15.8. The highest BCUT2D eigenvalue weighted by atomic mass is 16.4. The fourth-order valence-corrected chi connectivity index (χ4v) is 2.59. The zero-order valence-electron chi connectivity index (χ0n) is 12.1. The Bertz CT molecular complexity index is 443. The molecule has 0 spiro atoms. The molecule has 110 valence electrons. The van der Waals surface area contributed by atoms with Gasteiger partial charge in [0.15, 0.2) is 11.5 Å². The Balaban J connectivity index is 1.84. The molecule has 2 rings (SSSR count). The molecule has 0 amide bonds. The van der Waals surface area contributed by atoms with E-state index in [0.29, 0.717) is 11.9 Å². The molecule has 1 aliphatic rings. The molecule has 0 aliphatic heterocycles. The summed E-state index contributed by atoms with van der Waals surface area (Å²) in [5, 5.41) is 16.4. The van der Waals surface area contributed by atoms with Crippen LogP contribution < -0.4 is 4.90 Å². The molecule has 1 heterocycles. The van der Waals surface area contributed by atoms with Gasteiger partial charge in [0.1, 0.15) is 0 Å². The maximum absolute atomic E-state index is 10.7. The van der Waals surface area contributed by atoms with Gasteiger partial charge in [-0.1, -0.05) is 12.8 Å². The Morgan fingerprint density at radius 1 is 1.25 bits per heavy atom. The maximum Gasteiger partial charge on any atom is 0.356 e. The summed E-state index contributed by atoms with van der Waals surface area (Å²) in [6.07, 6.45) is 5.28. The van der Waals surface area contributed by atoms with E-state index >= 15 is 0 Å². The summed E-state index contributed by atoms with van der Waals surface area (Å²) < 4.78 is 0. The van der Waals surface area contributed by atoms with Crippen LogP contribution in [0, 0.1) is 0 Å². The van der Waals surface area contributed by atoms with Gasteiger partial charge in [0, 0.05) is 26.2 Å². The second kappa shape index (κ2) is 6.65. The molecule has 1 saturated carbocycles. The summed E-state index contributed by atoms with van der Waals surface area (Å²) in [6, 6.07) is 3.90. The molecule has 1 aromatic rings. The van der Waals surface area contributed by atoms with E-state index in [-0.39, 0.29) is 5.69 Å². The van der Waals surface area contributed by atoms with E-state index in [1.54, 1.807) is 6.07 Å². The molecule has 0 atom stereocenters. The molecule has 6 heteroatoms. The van der Waals surface area contributed by atoms with Crippen molar-refractivity contribution in [3.8, 4) is 0 Å². The van der Waals surface area contributed by atoms with Gasteiger partial charge < -0.3 is 14.9 Å². The second-order valence-electron chi connectivity index (χ2n) is 5.42. The van der Waals surface area contributed by atoms with E-state index in [2.05, 4.69) is 22.1 Å². The van der Waals surface area contributed by atoms with Crippen molar-refractivity contribution < 1.29 is 9.90 Å². The second-order valence-corrected chi connectivity index (χ2v) is 5.42. The molecular formula is C14H22N4O2. The van der Waals surface area contributed by atoms with Gasteiger partial charge in [0.05, 0.1) is 0 Å². The van der Waals surface area contributed by atoms with Crippen LogP contribution in [0.2, 0.25) is 0 Å². The van der Waals surface area contributed by atoms with Crippen molar-refractivity contribution in [2.45, 2.75) is 31.7 Å². The Labute approximate surface area is 119 Å². The van der Waals surface area contributed by atoms with E-state index in [0.717, 1.165) is 13.1 Å². The minimum atomic E-state index is -1.05. The summed E-state index contributed by atoms with van der Waals surface area (Å²) in [6.45, 7) is 1.83. The third-order valence-corrected chi connectivity index (χ3v) is 4.00. The predicted octanol–water partition coefficient (Wildman–Crippen LogP) is 1.49. The molecule has 0 aromatic carbocycles. The fraction of sp³-hybridized carbons (Fsp3) is 0.643. The van der Waals surface area contributed by atoms with Gasteiger partial charge in [-0.05, 0) is 32.0 Å². The van der Waals surface area contributed by atoms with Crippen LogP contribution in [0.1, 0.15) is 36.2 Å². The van der Waals surface area contributed by atoms with Crippen molar-refractivity contribution in [2.24, 2.45) is 0 Å². The van der Waals surface area contributed by atoms with Crippen LogP contribution in [0.25, 0.3) is 0 Å². The van der Waals surface area contributed by atoms with Crippen molar-refractivity contribution in [1.82, 2.24) is 15.1 Å². The molecule has 1 fully saturated rings. The fourth-order valence-electron chi connectivity index (χ4n) is 2.59. The molecule has 0 radical (unpaired) electrons. The van der Waals surface area contributed by atoms with E-state index in [4.69, 9.17) is 5.11 Å². The van der Waals surface area contributed by atoms with Gasteiger partial charge >= 0.3 is 5.97 Å². The zero-order chi connectivity index (χ0) is 14.5. The molecule has 20 heavy (non-hydrogen) atoms. The first-order valence-corrected chi connectivity index (χ1v) is 7.06. The molecule has 0 saturated heterocycles. The summed E-state index contributed by atoms with van der Waals surface area (Å²) in [7, 11) is 4.12. The predicted molar refractivity (Wildman–Crippen MR) is 77.1 cm³/mol. The first-order valence-electron chi connectivity index (χ1n) is 7.06. The summed E-state index contributed by atoms with van der Waals surface area (Å²) in [4.78, 5) is 15.1. The lowest BCUT2D eigenvalue weighted by atomic mass is 10.2. The quantitative estimate of drug-likeness (QED) is 0.850. The minimum Gasteiger partial charge on any atom is -0.476 e. The van der Waals surface area contributed by atoms with Crippen molar-refractivity contribution in [3.05, 3.63) is 17.8 Å². The Morgan fingerprint density at radius 2 is 1.95 bits per heavy atom. The van der Waals surface area contributed by atoms with Crippen LogP contribution in [0.3, 0.4) is 0 Å². The average molecular weight is 278 g/mol. The number of carboxylic acid groups (broad SMARTS) is 1. The lowest BCUT2D eigenvalue weighted by Gasteiger charge is -2.27. The van der Waals surface area contributed by atoms with Gasteiger partial charge in [0.25, 0.3) is 0 Å². The molecule has 0 bridgehead atoms. The van der Waals surface area contributed by atoms with Crippen LogP contribution >= 0.6 is 0 Å². The van der Waals surface area contributed by atoms with Crippen LogP contribution in [-0.2, 0) is 0 Å². The number of rotatable bonds is 6. The number of anilines is 1. The zero-order valence-corrected chi connectivity index (χ0v) is 12.1. The monoisotopic (exact) mass is 278 g/mol. The van der Waals surface area contributed by atoms with E-state index in [1.807, 2.05) is 11.9 Å². The first kappa shape index (κ1) is 14.7. The molecule has 1 N–H and O–H groups in total. The van der Waals surface area contributed by atoms with Crippen molar-refractivity contribution in [3.63, 3.8) is 0 Å². The number of hydrogen-bond acceptors (Lipinski definition) is 5. The van der Waals surface area contributed by atoms with Gasteiger partial charge in [-0.25, -0.2) is 4.79 Å². The Morgan fingerprint density at radius 3 is 2.50 bits per heavy atom. The van der Waals surface area contributed by atoms with Crippen LogP contribution in [-0.4, -0.2) is 59.4 Å². The highest BCUT2D eigenvalue weighted by Crippen LogP contribution is 2.22. The van der Waals surface area contributed by atoms with Gasteiger partial charge in [-0.2, -0.15) is 0 Å². The summed E-state index contributed by atoms with van der Waals surface area (Å²) >= 11 is 0. The van der Waals surface area contributed by atoms with E-state index < -0.39 is 5.97 Å². The van der Waals surface area contributed by atoms with Crippen molar-refractivity contribution >= 4 is 11.8 Å². The molecular weight excluding hydrogens is 256 g/mol. The third-order valence-electron chi connectivity index (χ3n) is 4.00. The topological polar surface area (TPSA) is 69.6 Å². The Hall–Kier alpha value is -1.69. The maximum atomic E-state index is 10.7. The number of nitrogens with zero attached hydrogens (tertiary/aromatic N) is 4. The number of likely N-dealkylation sites (N-methyl/N-ethyl adjacent to an activating group) is 2. The molecule has 1 aromatic heterocycles. The first-order chi connectivity index (χ1) is 9.58. The average Bonchev–Trinajstić information content (AvgIpc) is 2.98. The number of aromatic carboxylic acids is 1. The van der Waals surface area contributed by atoms with Crippen LogP contribution in [0.15, 0.2) is 12.1 Å². The lowest BCUT2D eigenvalue weighted by molar-refractivity contribution is 0.0689. The highest BCUT2D eigenvalue weighted by molar-refractivity contribution is 5.85. The number of carbonyl (C=O) groups is 1. The van der Waals surface area contributed by atoms with Gasteiger partial charge in [0.2, 0.25) is 0 Å². The highest BCUT2D eigenvalue weighted by Gasteiger charge is 2.19. The molecule has 0 unspecified atom stereocenters. The van der Waals surface area contributed by atoms with E-state index in [9.17, 15) is 4.79 Å². The standard InChI is InChI=1S/C14H22N4O2/c1-17(11-5-3-4-6-11)9-10-18(2)13-8-7-12(14(19)20)15-16-13/h7-8,11H,3-6,9-10H2,1-2H3,(H,19,20). The minimum absolute atomic E-state index is 0.0229. The summed E-state index contributed by atoms with van der Waals surface area (Å²) in [5.41, 5.74) is -0.0229. The van der Waals surface area contributed by atoms with Gasteiger partial charge in [-0.15, -0.1) is 10.2 Å². The van der Waals surface area contributed by atoms with Crippen molar-refractivity contribution in [2.75, 3.05) is 32.1 Å². The third kappa shape index (κ3) is 3.66. The molecule has 1 aliphatic carbocycles. The van der Waals surface area contributed by atoms with Crippen molar-refractivity contribution in [1.29, 1.82) is 0 Å². The molecule has 6 nitrogen and oxygen atoms in total. The van der Waals surface area contributed by atoms with Gasteiger partial charge in [-0.3, -0.25) is 0 Å². The summed E-state index contributed by atoms with van der Waals surface area (Å²) in [5.74, 6) is -0.345. The number of carboxylic acids is 1. The largest absolute Gasteiger partial charge is 0.476 e. The number of aromatic nitrogens is 2. The number of hydrogen-bond donors (Lipinski definition) is 1. The van der Waals surface area contributed by atoms with Crippen LogP contribution in [0.5, 0.6) is 0 Å². The SMILES string of the molecule is CN(CCN(C)C1CCCC1)c1ccc(C(=O)O)nn1.